The summed E-state index contributed by atoms with van der Waals surface area (Å²) >= 11 is 0. The Morgan fingerprint density at radius 2 is 1.74 bits per heavy atom. The summed E-state index contributed by atoms with van der Waals surface area (Å²) in [5.41, 5.74) is -0.736. The number of alkyl halides is 3. The molecule has 8 heteroatoms. The van der Waals surface area contributed by atoms with Crippen LogP contribution in [-0.4, -0.2) is 66.5 Å². The minimum atomic E-state index is -4.37. The summed E-state index contributed by atoms with van der Waals surface area (Å²) in [6.45, 7) is 9.15. The topological polar surface area (TPSA) is 39.7 Å². The quantitative estimate of drug-likeness (QED) is 0.804. The fourth-order valence-electron chi connectivity index (χ4n) is 4.03. The molecule has 0 radical (unpaired) electrons. The number of aromatic nitrogens is 1. The first kappa shape index (κ1) is 19.9. The number of likely N-dealkylation sites (tertiary alicyclic amines) is 1. The number of halogens is 3. The Kier molecular flexibility index (Phi) is 5.93. The lowest BCUT2D eigenvalue weighted by Gasteiger charge is -2.38. The summed E-state index contributed by atoms with van der Waals surface area (Å²) in [5.74, 6) is 1.81. The maximum absolute atomic E-state index is 12.6. The van der Waals surface area contributed by atoms with Gasteiger partial charge in [-0.3, -0.25) is 9.69 Å². The zero-order valence-corrected chi connectivity index (χ0v) is 15.9. The molecule has 2 saturated heterocycles. The zero-order chi connectivity index (χ0) is 19.6. The number of hydrogen-bond acceptors (Lipinski definition) is 4. The number of pyridine rings is 1. The SMILES string of the molecule is CC1CC(C)CN(C(=O)CN2CCN(c3ccc(C(F)(F)F)cn3)CC2)C1. The second kappa shape index (κ2) is 8.04. The fraction of sp³-hybridized carbons (Fsp3) is 0.684. The average molecular weight is 384 g/mol. The molecular formula is C19H27F3N4O. The Hall–Kier alpha value is -1.83. The van der Waals surface area contributed by atoms with E-state index in [1.807, 2.05) is 9.80 Å². The van der Waals surface area contributed by atoms with Crippen molar-refractivity contribution in [2.75, 3.05) is 50.7 Å². The minimum Gasteiger partial charge on any atom is -0.354 e. The number of nitrogens with zero attached hydrogens (tertiary/aromatic N) is 4. The van der Waals surface area contributed by atoms with Crippen LogP contribution in [0.3, 0.4) is 0 Å². The van der Waals surface area contributed by atoms with Crippen molar-refractivity contribution < 1.29 is 18.0 Å². The van der Waals surface area contributed by atoms with Crippen LogP contribution >= 0.6 is 0 Å². The van der Waals surface area contributed by atoms with E-state index in [-0.39, 0.29) is 5.91 Å². The third kappa shape index (κ3) is 5.12. The van der Waals surface area contributed by atoms with Gasteiger partial charge in [-0.1, -0.05) is 13.8 Å². The number of carbonyl (C=O) groups excluding carboxylic acids is 1. The van der Waals surface area contributed by atoms with Crippen LogP contribution in [0.5, 0.6) is 0 Å². The maximum Gasteiger partial charge on any atom is 0.417 e. The van der Waals surface area contributed by atoms with Gasteiger partial charge in [0, 0.05) is 45.5 Å². The molecule has 2 aliphatic rings. The highest BCUT2D eigenvalue weighted by atomic mass is 19.4. The highest BCUT2D eigenvalue weighted by molar-refractivity contribution is 5.78. The molecule has 1 aromatic heterocycles. The molecule has 3 heterocycles. The van der Waals surface area contributed by atoms with Crippen molar-refractivity contribution >= 4 is 11.7 Å². The third-order valence-corrected chi connectivity index (χ3v) is 5.35. The summed E-state index contributed by atoms with van der Waals surface area (Å²) in [6, 6.07) is 2.48. The lowest BCUT2D eigenvalue weighted by molar-refractivity contribution is -0.138. The third-order valence-electron chi connectivity index (χ3n) is 5.35. The van der Waals surface area contributed by atoms with E-state index in [1.165, 1.54) is 12.5 Å². The Labute approximate surface area is 158 Å². The molecule has 27 heavy (non-hydrogen) atoms. The maximum atomic E-state index is 12.6. The first-order chi connectivity index (χ1) is 12.7. The van der Waals surface area contributed by atoms with E-state index >= 15 is 0 Å². The van der Waals surface area contributed by atoms with Crippen molar-refractivity contribution in [1.29, 1.82) is 0 Å². The first-order valence-electron chi connectivity index (χ1n) is 9.50. The Morgan fingerprint density at radius 1 is 1.11 bits per heavy atom. The second-order valence-corrected chi connectivity index (χ2v) is 7.91. The van der Waals surface area contributed by atoms with Crippen LogP contribution in [-0.2, 0) is 11.0 Å². The van der Waals surface area contributed by atoms with E-state index in [1.54, 1.807) is 0 Å². The largest absolute Gasteiger partial charge is 0.417 e. The summed E-state index contributed by atoms with van der Waals surface area (Å²) in [7, 11) is 0. The van der Waals surface area contributed by atoms with E-state index in [9.17, 15) is 18.0 Å². The van der Waals surface area contributed by atoms with Crippen molar-refractivity contribution in [3.05, 3.63) is 23.9 Å². The molecule has 0 bridgehead atoms. The van der Waals surface area contributed by atoms with Crippen LogP contribution in [0.4, 0.5) is 19.0 Å². The standard InChI is InChI=1S/C19H27F3N4O/c1-14-9-15(2)12-26(11-14)18(27)13-24-5-7-25(8-6-24)17-4-3-16(10-23-17)19(20,21)22/h3-4,10,14-15H,5-9,11-13H2,1-2H3. The molecule has 0 saturated carbocycles. The van der Waals surface area contributed by atoms with E-state index in [2.05, 4.69) is 23.7 Å². The van der Waals surface area contributed by atoms with Crippen LogP contribution < -0.4 is 4.90 Å². The van der Waals surface area contributed by atoms with E-state index in [4.69, 9.17) is 0 Å². The molecule has 2 aliphatic heterocycles. The second-order valence-electron chi connectivity index (χ2n) is 7.91. The normalized spacial score (nSPS) is 24.9. The Balaban J connectivity index is 1.49. The molecule has 1 aromatic rings. The van der Waals surface area contributed by atoms with Crippen LogP contribution in [0, 0.1) is 11.8 Å². The van der Waals surface area contributed by atoms with Crippen LogP contribution in [0.15, 0.2) is 18.3 Å². The van der Waals surface area contributed by atoms with Crippen LogP contribution in [0.2, 0.25) is 0 Å². The molecule has 1 amide bonds. The summed E-state index contributed by atoms with van der Waals surface area (Å²) < 4.78 is 37.9. The monoisotopic (exact) mass is 384 g/mol. The van der Waals surface area contributed by atoms with E-state index in [0.717, 1.165) is 25.4 Å². The summed E-state index contributed by atoms with van der Waals surface area (Å²) in [4.78, 5) is 22.6. The van der Waals surface area contributed by atoms with Gasteiger partial charge >= 0.3 is 6.18 Å². The van der Waals surface area contributed by atoms with Gasteiger partial charge in [-0.05, 0) is 30.4 Å². The van der Waals surface area contributed by atoms with Crippen molar-refractivity contribution in [1.82, 2.24) is 14.8 Å². The molecular weight excluding hydrogens is 357 g/mol. The van der Waals surface area contributed by atoms with Crippen molar-refractivity contribution in [2.24, 2.45) is 11.8 Å². The number of hydrogen-bond donors (Lipinski definition) is 0. The molecule has 2 atom stereocenters. The molecule has 0 N–H and O–H groups in total. The van der Waals surface area contributed by atoms with Gasteiger partial charge in [0.1, 0.15) is 5.82 Å². The number of rotatable bonds is 3. The lowest BCUT2D eigenvalue weighted by atomic mass is 9.92. The first-order valence-corrected chi connectivity index (χ1v) is 9.50. The van der Waals surface area contributed by atoms with E-state index in [0.29, 0.717) is 50.4 Å². The van der Waals surface area contributed by atoms with Crippen molar-refractivity contribution in [3.8, 4) is 0 Å². The average Bonchev–Trinajstić information content (AvgIpc) is 2.61. The van der Waals surface area contributed by atoms with E-state index < -0.39 is 11.7 Å². The molecule has 2 unspecified atom stereocenters. The van der Waals surface area contributed by atoms with Gasteiger partial charge < -0.3 is 9.80 Å². The zero-order valence-electron chi connectivity index (χ0n) is 15.9. The van der Waals surface area contributed by atoms with Crippen LogP contribution in [0.25, 0.3) is 0 Å². The highest BCUT2D eigenvalue weighted by Crippen LogP contribution is 2.29. The molecule has 5 nitrogen and oxygen atoms in total. The minimum absolute atomic E-state index is 0.175. The number of anilines is 1. The number of carbonyl (C=O) groups is 1. The fourth-order valence-corrected chi connectivity index (χ4v) is 4.03. The van der Waals surface area contributed by atoms with Gasteiger partial charge in [0.05, 0.1) is 12.1 Å². The molecule has 150 valence electrons. The van der Waals surface area contributed by atoms with Gasteiger partial charge in [0.15, 0.2) is 0 Å². The molecule has 2 fully saturated rings. The van der Waals surface area contributed by atoms with Crippen LogP contribution in [0.1, 0.15) is 25.8 Å². The molecule has 0 aromatic carbocycles. The van der Waals surface area contributed by atoms with Gasteiger partial charge in [-0.2, -0.15) is 13.2 Å². The van der Waals surface area contributed by atoms with Crippen molar-refractivity contribution in [2.45, 2.75) is 26.4 Å². The van der Waals surface area contributed by atoms with Gasteiger partial charge in [-0.25, -0.2) is 4.98 Å². The molecule has 3 rings (SSSR count). The molecule has 0 aliphatic carbocycles. The summed E-state index contributed by atoms with van der Waals surface area (Å²) in [5, 5.41) is 0. The Morgan fingerprint density at radius 3 is 2.26 bits per heavy atom. The van der Waals surface area contributed by atoms with Gasteiger partial charge in [0.25, 0.3) is 0 Å². The highest BCUT2D eigenvalue weighted by Gasteiger charge is 2.31. The smallest absolute Gasteiger partial charge is 0.354 e. The predicted molar refractivity (Wildman–Crippen MR) is 97.4 cm³/mol. The summed E-state index contributed by atoms with van der Waals surface area (Å²) in [6.07, 6.45) is -2.32. The number of piperazine rings is 1. The van der Waals surface area contributed by atoms with Gasteiger partial charge in [-0.15, -0.1) is 0 Å². The van der Waals surface area contributed by atoms with Crippen molar-refractivity contribution in [3.63, 3.8) is 0 Å². The lowest BCUT2D eigenvalue weighted by Crippen LogP contribution is -2.52. The number of amides is 1. The Bertz CT molecular complexity index is 631. The number of piperidine rings is 1. The molecule has 0 spiro atoms. The predicted octanol–water partition coefficient (Wildman–Crippen LogP) is 2.73. The van der Waals surface area contributed by atoms with Gasteiger partial charge in [0.2, 0.25) is 5.91 Å².